The average molecular weight is 217 g/mol. The summed E-state index contributed by atoms with van der Waals surface area (Å²) < 4.78 is 2.35. The van der Waals surface area contributed by atoms with Crippen molar-refractivity contribution in [3.05, 3.63) is 23.5 Å². The lowest BCUT2D eigenvalue weighted by molar-refractivity contribution is 0.0971. The van der Waals surface area contributed by atoms with Crippen LogP contribution in [0, 0.1) is 5.92 Å². The Morgan fingerprint density at radius 2 is 2.25 bits per heavy atom. The first-order valence-corrected chi connectivity index (χ1v) is 6.48. The topological polar surface area (TPSA) is 22.0 Å². The molecule has 2 aliphatic rings. The molecule has 86 valence electrons. The monoisotopic (exact) mass is 217 g/mol. The van der Waals surface area contributed by atoms with Gasteiger partial charge in [0.1, 0.15) is 0 Å². The highest BCUT2D eigenvalue weighted by Gasteiger charge is 2.27. The Labute approximate surface area is 96.6 Å². The number of hydrogen-bond acceptors (Lipinski definition) is 1. The third-order valence-electron chi connectivity index (χ3n) is 3.99. The Hall–Kier alpha value is -1.05. The van der Waals surface area contributed by atoms with E-state index in [4.69, 9.17) is 0 Å². The largest absolute Gasteiger partial charge is 0.348 e. The molecule has 0 N–H and O–H groups in total. The van der Waals surface area contributed by atoms with Crippen LogP contribution in [0.5, 0.6) is 0 Å². The van der Waals surface area contributed by atoms with Crippen molar-refractivity contribution in [3.63, 3.8) is 0 Å². The second-order valence-corrected chi connectivity index (χ2v) is 5.39. The zero-order valence-corrected chi connectivity index (χ0v) is 9.91. The summed E-state index contributed by atoms with van der Waals surface area (Å²) in [5.74, 6) is 1.30. The van der Waals surface area contributed by atoms with E-state index in [1.807, 2.05) is 6.07 Å². The number of Topliss-reactive ketones (excluding diaryl/α,β-unsaturated/α-hetero) is 1. The summed E-state index contributed by atoms with van der Waals surface area (Å²) in [6.45, 7) is 2.29. The van der Waals surface area contributed by atoms with Gasteiger partial charge in [-0.15, -0.1) is 0 Å². The Morgan fingerprint density at radius 3 is 3.00 bits per heavy atom. The van der Waals surface area contributed by atoms with Crippen molar-refractivity contribution in [2.45, 2.75) is 51.5 Å². The van der Waals surface area contributed by atoms with E-state index < -0.39 is 0 Å². The normalized spacial score (nSPS) is 21.9. The first-order chi connectivity index (χ1) is 7.75. The lowest BCUT2D eigenvalue weighted by atomic mass is 9.96. The maximum Gasteiger partial charge on any atom is 0.164 e. The van der Waals surface area contributed by atoms with Gasteiger partial charge in [-0.05, 0) is 38.2 Å². The molecular formula is C14H19NO. The summed E-state index contributed by atoms with van der Waals surface area (Å²) in [4.78, 5) is 11.7. The highest BCUT2D eigenvalue weighted by molar-refractivity contribution is 5.98. The maximum absolute atomic E-state index is 11.7. The van der Waals surface area contributed by atoms with Gasteiger partial charge in [0.2, 0.25) is 0 Å². The van der Waals surface area contributed by atoms with E-state index in [-0.39, 0.29) is 0 Å². The van der Waals surface area contributed by atoms with Gasteiger partial charge in [-0.1, -0.05) is 12.8 Å². The van der Waals surface area contributed by atoms with Gasteiger partial charge in [-0.2, -0.15) is 0 Å². The molecule has 2 nitrogen and oxygen atoms in total. The van der Waals surface area contributed by atoms with Crippen molar-refractivity contribution < 1.29 is 4.79 Å². The summed E-state index contributed by atoms with van der Waals surface area (Å²) in [6.07, 6.45) is 9.10. The van der Waals surface area contributed by atoms with Crippen molar-refractivity contribution in [1.29, 1.82) is 0 Å². The van der Waals surface area contributed by atoms with Gasteiger partial charge in [0.25, 0.3) is 0 Å². The van der Waals surface area contributed by atoms with Crippen LogP contribution < -0.4 is 0 Å². The molecule has 1 aromatic heterocycles. The third-order valence-corrected chi connectivity index (χ3v) is 3.99. The number of nitrogens with zero attached hydrogens (tertiary/aromatic N) is 1. The number of carbonyl (C=O) groups excluding carboxylic acids is 1. The molecule has 16 heavy (non-hydrogen) atoms. The standard InChI is InChI=1S/C14H19NO/c1-10(9-11-5-6-11)15-8-7-12-13(15)3-2-4-14(12)16/h7-8,10-11H,2-6,9H2,1H3. The smallest absolute Gasteiger partial charge is 0.164 e. The number of fused-ring (bicyclic) bond motifs is 1. The van der Waals surface area contributed by atoms with E-state index in [9.17, 15) is 4.79 Å². The molecule has 0 aromatic carbocycles. The van der Waals surface area contributed by atoms with Crippen molar-refractivity contribution in [2.24, 2.45) is 5.92 Å². The van der Waals surface area contributed by atoms with Crippen LogP contribution >= 0.6 is 0 Å². The first-order valence-electron chi connectivity index (χ1n) is 6.48. The van der Waals surface area contributed by atoms with E-state index in [1.165, 1.54) is 25.0 Å². The highest BCUT2D eigenvalue weighted by Crippen LogP contribution is 2.37. The summed E-state index contributed by atoms with van der Waals surface area (Å²) in [7, 11) is 0. The molecule has 1 unspecified atom stereocenters. The molecule has 0 amide bonds. The lowest BCUT2D eigenvalue weighted by Crippen LogP contribution is -2.15. The molecule has 1 atom stereocenters. The predicted molar refractivity (Wildman–Crippen MR) is 63.8 cm³/mol. The fourth-order valence-corrected chi connectivity index (χ4v) is 2.91. The molecule has 0 saturated heterocycles. The molecule has 0 radical (unpaired) electrons. The Balaban J connectivity index is 1.86. The van der Waals surface area contributed by atoms with Crippen LogP contribution in [0.15, 0.2) is 12.3 Å². The molecule has 3 rings (SSSR count). The van der Waals surface area contributed by atoms with Gasteiger partial charge < -0.3 is 4.57 Å². The van der Waals surface area contributed by atoms with Gasteiger partial charge >= 0.3 is 0 Å². The SMILES string of the molecule is CC(CC1CC1)n1ccc2c1CCCC2=O. The lowest BCUT2D eigenvalue weighted by Gasteiger charge is -2.20. The van der Waals surface area contributed by atoms with E-state index in [1.54, 1.807) is 0 Å². The Bertz CT molecular complexity index is 414. The molecule has 1 heterocycles. The minimum Gasteiger partial charge on any atom is -0.348 e. The molecule has 0 spiro atoms. The van der Waals surface area contributed by atoms with Crippen LogP contribution in [0.3, 0.4) is 0 Å². The summed E-state index contributed by atoms with van der Waals surface area (Å²) in [6, 6.07) is 2.60. The van der Waals surface area contributed by atoms with Crippen LogP contribution in [0.4, 0.5) is 0 Å². The van der Waals surface area contributed by atoms with Gasteiger partial charge in [-0.3, -0.25) is 4.79 Å². The van der Waals surface area contributed by atoms with E-state index in [2.05, 4.69) is 17.7 Å². The van der Waals surface area contributed by atoms with Gasteiger partial charge in [-0.25, -0.2) is 0 Å². The second-order valence-electron chi connectivity index (χ2n) is 5.39. The molecule has 1 fully saturated rings. The average Bonchev–Trinajstić information content (AvgIpc) is 2.96. The van der Waals surface area contributed by atoms with Crippen LogP contribution in [-0.4, -0.2) is 10.4 Å². The fraction of sp³-hybridized carbons (Fsp3) is 0.643. The molecule has 0 bridgehead atoms. The maximum atomic E-state index is 11.7. The molecule has 0 aliphatic heterocycles. The molecular weight excluding hydrogens is 198 g/mol. The Morgan fingerprint density at radius 1 is 1.44 bits per heavy atom. The quantitative estimate of drug-likeness (QED) is 0.761. The third kappa shape index (κ3) is 1.70. The van der Waals surface area contributed by atoms with Gasteiger partial charge in [0.15, 0.2) is 5.78 Å². The molecule has 2 aliphatic carbocycles. The van der Waals surface area contributed by atoms with E-state index in [0.29, 0.717) is 11.8 Å². The molecule has 2 heteroatoms. The van der Waals surface area contributed by atoms with Crippen LogP contribution in [0.25, 0.3) is 0 Å². The van der Waals surface area contributed by atoms with Gasteiger partial charge in [0, 0.05) is 29.9 Å². The number of hydrogen-bond donors (Lipinski definition) is 0. The number of rotatable bonds is 3. The number of ketones is 1. The second kappa shape index (κ2) is 3.76. The number of aromatic nitrogens is 1. The van der Waals surface area contributed by atoms with E-state index in [0.717, 1.165) is 30.7 Å². The Kier molecular flexibility index (Phi) is 2.38. The van der Waals surface area contributed by atoms with Gasteiger partial charge in [0.05, 0.1) is 0 Å². The predicted octanol–water partition coefficient (Wildman–Crippen LogP) is 3.37. The zero-order chi connectivity index (χ0) is 11.1. The van der Waals surface area contributed by atoms with Crippen molar-refractivity contribution >= 4 is 5.78 Å². The van der Waals surface area contributed by atoms with Crippen molar-refractivity contribution in [1.82, 2.24) is 4.57 Å². The summed E-state index contributed by atoms with van der Waals surface area (Å²) in [5.41, 5.74) is 2.29. The summed E-state index contributed by atoms with van der Waals surface area (Å²) >= 11 is 0. The minimum absolute atomic E-state index is 0.346. The highest BCUT2D eigenvalue weighted by atomic mass is 16.1. The molecule has 1 saturated carbocycles. The molecule has 1 aromatic rings. The van der Waals surface area contributed by atoms with E-state index >= 15 is 0 Å². The van der Waals surface area contributed by atoms with Crippen molar-refractivity contribution in [3.8, 4) is 0 Å². The first kappa shape index (κ1) is 10.1. The summed E-state index contributed by atoms with van der Waals surface area (Å²) in [5, 5.41) is 0. The van der Waals surface area contributed by atoms with Crippen LogP contribution in [-0.2, 0) is 6.42 Å². The number of carbonyl (C=O) groups is 1. The van der Waals surface area contributed by atoms with Crippen LogP contribution in [0.1, 0.15) is 61.1 Å². The zero-order valence-electron chi connectivity index (χ0n) is 9.91. The minimum atomic E-state index is 0.346. The van der Waals surface area contributed by atoms with Crippen molar-refractivity contribution in [2.75, 3.05) is 0 Å². The van der Waals surface area contributed by atoms with Crippen LogP contribution in [0.2, 0.25) is 0 Å². The fourth-order valence-electron chi connectivity index (χ4n) is 2.91.